The Bertz CT molecular complexity index is 1610. The summed E-state index contributed by atoms with van der Waals surface area (Å²) in [6.07, 6.45) is 3.90. The third-order valence-electron chi connectivity index (χ3n) is 6.19. The van der Waals surface area contributed by atoms with E-state index in [9.17, 15) is 0 Å². The number of benzene rings is 3. The highest BCUT2D eigenvalue weighted by molar-refractivity contribution is 6.30. The fourth-order valence-electron chi connectivity index (χ4n) is 4.27. The van der Waals surface area contributed by atoms with Crippen LogP contribution in [0.4, 0.5) is 11.4 Å². The minimum absolute atomic E-state index is 0.330. The van der Waals surface area contributed by atoms with Crippen molar-refractivity contribution in [1.29, 1.82) is 0 Å². The highest BCUT2D eigenvalue weighted by Crippen LogP contribution is 2.33. The molecule has 0 amide bonds. The summed E-state index contributed by atoms with van der Waals surface area (Å²) in [6, 6.07) is 22.0. The van der Waals surface area contributed by atoms with E-state index in [4.69, 9.17) is 31.1 Å². The number of methoxy groups -OCH3 is 2. The topological polar surface area (TPSA) is 73.6 Å². The molecule has 1 N–H and O–H groups in total. The van der Waals surface area contributed by atoms with E-state index in [0.717, 1.165) is 63.4 Å². The molecule has 2 heterocycles. The lowest BCUT2D eigenvalue weighted by Gasteiger charge is -2.21. The molecule has 1 fully saturated rings. The van der Waals surface area contributed by atoms with Gasteiger partial charge in [-0.15, -0.1) is 0 Å². The monoisotopic (exact) mass is 497 g/mol. The van der Waals surface area contributed by atoms with Crippen molar-refractivity contribution in [3.05, 3.63) is 83.3 Å². The fourth-order valence-corrected chi connectivity index (χ4v) is 4.39. The second-order valence-corrected chi connectivity index (χ2v) is 9.12. The van der Waals surface area contributed by atoms with Crippen molar-refractivity contribution in [1.82, 2.24) is 14.5 Å². The number of nitrogens with one attached hydrogen (secondary N) is 1. The molecule has 2 aliphatic carbocycles. The number of hydrogen-bond donors (Lipinski definition) is 1. The average Bonchev–Trinajstić information content (AvgIpc) is 3.72. The van der Waals surface area contributed by atoms with Crippen molar-refractivity contribution in [2.45, 2.75) is 18.9 Å². The molecular weight excluding hydrogens is 474 g/mol. The molecule has 0 radical (unpaired) electrons. The van der Waals surface area contributed by atoms with Gasteiger partial charge in [0.25, 0.3) is 0 Å². The number of pyridine rings is 1. The van der Waals surface area contributed by atoms with Gasteiger partial charge < -0.3 is 19.4 Å². The van der Waals surface area contributed by atoms with Crippen LogP contribution < -0.4 is 20.1 Å². The van der Waals surface area contributed by atoms with Gasteiger partial charge in [-0.25, -0.2) is 9.97 Å². The molecule has 180 valence electrons. The molecule has 0 bridgehead atoms. The van der Waals surface area contributed by atoms with Gasteiger partial charge in [-0.1, -0.05) is 11.6 Å². The lowest BCUT2D eigenvalue weighted by molar-refractivity contribution is 0.400. The van der Waals surface area contributed by atoms with Gasteiger partial charge in [0.1, 0.15) is 11.4 Å². The molecule has 6 rings (SSSR count). The summed E-state index contributed by atoms with van der Waals surface area (Å²) in [4.78, 5) is 14.3. The predicted octanol–water partition coefficient (Wildman–Crippen LogP) is 6.00. The minimum Gasteiger partial charge on any atom is -0.497 e. The van der Waals surface area contributed by atoms with Crippen LogP contribution >= 0.6 is 11.6 Å². The molecule has 36 heavy (non-hydrogen) atoms. The van der Waals surface area contributed by atoms with Gasteiger partial charge in [0, 0.05) is 23.0 Å². The van der Waals surface area contributed by atoms with Crippen molar-refractivity contribution in [3.63, 3.8) is 0 Å². The minimum atomic E-state index is 0.330. The van der Waals surface area contributed by atoms with Gasteiger partial charge in [-0.3, -0.25) is 4.99 Å². The largest absolute Gasteiger partial charge is 0.497 e. The molecule has 7 nitrogen and oxygen atoms in total. The third kappa shape index (κ3) is 4.22. The lowest BCUT2D eigenvalue weighted by Crippen LogP contribution is -2.16. The fraction of sp³-hybridized carbons (Fsp3) is 0.179. The van der Waals surface area contributed by atoms with Crippen molar-refractivity contribution in [2.75, 3.05) is 19.5 Å². The van der Waals surface area contributed by atoms with E-state index in [2.05, 4.69) is 20.9 Å². The molecule has 3 aliphatic rings. The molecule has 0 atom stereocenters. The highest BCUT2D eigenvalue weighted by atomic mass is 35.5. The standard InChI is InChI=1S/C28H24ClN5O2/c1-35-20-11-12-21-26(14-20)34(19-9-5-17(29)6-10-19)27-16-24(31-18-7-8-18)23(15-25(27)32-21)33-22-4-3-13-30-28(22)36-2/h3-6,9-16,18,33H,7-8H2,1-2H3. The van der Waals surface area contributed by atoms with E-state index in [1.165, 1.54) is 0 Å². The Kier molecular flexibility index (Phi) is 5.70. The van der Waals surface area contributed by atoms with Crippen LogP contribution in [0.5, 0.6) is 11.6 Å². The summed E-state index contributed by atoms with van der Waals surface area (Å²) in [5.41, 5.74) is 6.11. The Morgan fingerprint density at radius 1 is 0.972 bits per heavy atom. The number of ether oxygens (including phenoxy) is 2. The van der Waals surface area contributed by atoms with Gasteiger partial charge in [0.2, 0.25) is 5.88 Å². The van der Waals surface area contributed by atoms with Crippen LogP contribution in [0.25, 0.3) is 28.1 Å². The van der Waals surface area contributed by atoms with E-state index in [-0.39, 0.29) is 0 Å². The molecule has 0 unspecified atom stereocenters. The Morgan fingerprint density at radius 2 is 1.81 bits per heavy atom. The quantitative estimate of drug-likeness (QED) is 0.291. The molecule has 8 heteroatoms. The second-order valence-electron chi connectivity index (χ2n) is 8.68. The third-order valence-corrected chi connectivity index (χ3v) is 6.44. The number of fused-ring (bicyclic) bond motifs is 2. The Hall–Kier alpha value is -4.10. The zero-order valence-corrected chi connectivity index (χ0v) is 20.7. The van der Waals surface area contributed by atoms with Gasteiger partial charge in [0.15, 0.2) is 0 Å². The van der Waals surface area contributed by atoms with Gasteiger partial charge in [-0.05, 0) is 73.5 Å². The first kappa shape index (κ1) is 22.4. The Morgan fingerprint density at radius 3 is 2.56 bits per heavy atom. The van der Waals surface area contributed by atoms with Crippen molar-refractivity contribution in [2.24, 2.45) is 4.99 Å². The lowest BCUT2D eigenvalue weighted by atomic mass is 10.1. The van der Waals surface area contributed by atoms with E-state index >= 15 is 0 Å². The maximum Gasteiger partial charge on any atom is 0.237 e. The van der Waals surface area contributed by atoms with Crippen molar-refractivity contribution < 1.29 is 9.47 Å². The van der Waals surface area contributed by atoms with Crippen LogP contribution in [-0.2, 0) is 0 Å². The SMILES string of the molecule is COc1ccc2nc3cc(Nc4cccnc4OC)c(=NC4CC4)cc-3n(-c3ccc(Cl)cc3)c2c1. The van der Waals surface area contributed by atoms with Crippen molar-refractivity contribution in [3.8, 4) is 28.7 Å². The summed E-state index contributed by atoms with van der Waals surface area (Å²) >= 11 is 6.22. The molecule has 1 aromatic heterocycles. The molecule has 3 aromatic rings. The van der Waals surface area contributed by atoms with Crippen LogP contribution in [0, 0.1) is 0 Å². The first-order valence-electron chi connectivity index (χ1n) is 11.7. The molecule has 2 aromatic carbocycles. The number of rotatable bonds is 6. The summed E-state index contributed by atoms with van der Waals surface area (Å²) < 4.78 is 13.2. The van der Waals surface area contributed by atoms with E-state index < -0.39 is 0 Å². The van der Waals surface area contributed by atoms with E-state index in [0.29, 0.717) is 16.9 Å². The van der Waals surface area contributed by atoms with Crippen LogP contribution in [-0.4, -0.2) is 34.8 Å². The highest BCUT2D eigenvalue weighted by Gasteiger charge is 2.22. The van der Waals surface area contributed by atoms with Gasteiger partial charge in [0.05, 0.1) is 53.7 Å². The van der Waals surface area contributed by atoms with Crippen molar-refractivity contribution >= 4 is 34.0 Å². The number of hydrogen-bond acceptors (Lipinski definition) is 6. The van der Waals surface area contributed by atoms with Crippen LogP contribution in [0.15, 0.2) is 77.9 Å². The number of nitrogens with zero attached hydrogens (tertiary/aromatic N) is 4. The van der Waals surface area contributed by atoms with E-state index in [1.807, 2.05) is 60.7 Å². The number of anilines is 2. The summed E-state index contributed by atoms with van der Waals surface area (Å²) in [5, 5.41) is 5.03. The van der Waals surface area contributed by atoms with Crippen LogP contribution in [0.3, 0.4) is 0 Å². The van der Waals surface area contributed by atoms with E-state index in [1.54, 1.807) is 20.4 Å². The van der Waals surface area contributed by atoms with Gasteiger partial charge >= 0.3 is 0 Å². The molecular formula is C28H24ClN5O2. The zero-order chi connectivity index (χ0) is 24.6. The first-order chi connectivity index (χ1) is 17.6. The maximum absolute atomic E-state index is 6.22. The molecule has 0 saturated heterocycles. The summed E-state index contributed by atoms with van der Waals surface area (Å²) in [7, 11) is 3.28. The summed E-state index contributed by atoms with van der Waals surface area (Å²) in [6.45, 7) is 0. The normalized spacial score (nSPS) is 13.8. The Labute approximate surface area is 213 Å². The average molecular weight is 498 g/mol. The van der Waals surface area contributed by atoms with Crippen LogP contribution in [0.2, 0.25) is 5.02 Å². The van der Waals surface area contributed by atoms with Crippen LogP contribution in [0.1, 0.15) is 12.8 Å². The second kappa shape index (κ2) is 9.17. The predicted molar refractivity (Wildman–Crippen MR) is 142 cm³/mol. The first-order valence-corrected chi connectivity index (χ1v) is 12.1. The zero-order valence-electron chi connectivity index (χ0n) is 19.9. The molecule has 1 aliphatic heterocycles. The molecule has 1 saturated carbocycles. The van der Waals surface area contributed by atoms with Gasteiger partial charge in [-0.2, -0.15) is 0 Å². The molecule has 0 spiro atoms. The smallest absolute Gasteiger partial charge is 0.237 e. The Balaban J connectivity index is 1.64. The number of aromatic nitrogens is 3. The summed E-state index contributed by atoms with van der Waals surface area (Å²) in [5.74, 6) is 1.28. The maximum atomic E-state index is 6.22. The number of halogens is 1.